The molecule has 1 atom stereocenters. The van der Waals surface area contributed by atoms with Crippen LogP contribution in [0.5, 0.6) is 17.2 Å². The lowest BCUT2D eigenvalue weighted by Crippen LogP contribution is -2.32. The van der Waals surface area contributed by atoms with E-state index in [4.69, 9.17) is 25.8 Å². The second kappa shape index (κ2) is 10.8. The number of aliphatic hydroxyl groups is 1. The molecule has 34 heavy (non-hydrogen) atoms. The highest BCUT2D eigenvalue weighted by Gasteiger charge is 2.46. The van der Waals surface area contributed by atoms with Gasteiger partial charge in [-0.1, -0.05) is 23.7 Å². The van der Waals surface area contributed by atoms with Gasteiger partial charge >= 0.3 is 0 Å². The van der Waals surface area contributed by atoms with E-state index in [0.29, 0.717) is 30.0 Å². The van der Waals surface area contributed by atoms with Crippen LogP contribution in [0, 0.1) is 0 Å². The summed E-state index contributed by atoms with van der Waals surface area (Å²) in [4.78, 5) is 29.8. The minimum absolute atomic E-state index is 0.0282. The van der Waals surface area contributed by atoms with E-state index in [1.165, 1.54) is 31.3 Å². The van der Waals surface area contributed by atoms with Crippen LogP contribution >= 0.6 is 11.6 Å². The number of hydrogen-bond donors (Lipinski definition) is 1. The molecule has 0 saturated carbocycles. The van der Waals surface area contributed by atoms with Gasteiger partial charge in [-0.2, -0.15) is 0 Å². The number of Topliss-reactive ketones (excluding diaryl/α,β-unsaturated/α-hetero) is 1. The molecule has 1 saturated heterocycles. The third-order valence-electron chi connectivity index (χ3n) is 5.70. The van der Waals surface area contributed by atoms with Gasteiger partial charge in [0.15, 0.2) is 0 Å². The van der Waals surface area contributed by atoms with Gasteiger partial charge in [-0.3, -0.25) is 9.59 Å². The molecule has 1 aliphatic rings. The van der Waals surface area contributed by atoms with Gasteiger partial charge in [0, 0.05) is 12.6 Å². The van der Waals surface area contributed by atoms with Gasteiger partial charge in [-0.25, -0.2) is 0 Å². The summed E-state index contributed by atoms with van der Waals surface area (Å²) in [5, 5.41) is 11.6. The number of methoxy groups -OCH3 is 3. The van der Waals surface area contributed by atoms with Crippen molar-refractivity contribution in [3.8, 4) is 17.2 Å². The van der Waals surface area contributed by atoms with Crippen LogP contribution in [0.15, 0.2) is 42.0 Å². The maximum absolute atomic E-state index is 13.2. The van der Waals surface area contributed by atoms with Crippen LogP contribution in [0.1, 0.15) is 23.6 Å². The van der Waals surface area contributed by atoms with Crippen molar-refractivity contribution in [2.75, 3.05) is 48.5 Å². The molecule has 2 aromatic rings. The van der Waals surface area contributed by atoms with E-state index in [1.807, 2.05) is 19.0 Å². The van der Waals surface area contributed by atoms with E-state index in [9.17, 15) is 14.7 Å². The molecule has 0 bridgehead atoms. The SMILES string of the molecule is COc1ccc(C2/C(=C(\O)c3cc(Cl)c(OC)cc3OC)C(=O)C(=O)N2CCCN(C)C)cc1. The molecule has 1 heterocycles. The van der Waals surface area contributed by atoms with Crippen LogP contribution in [-0.2, 0) is 9.59 Å². The third-order valence-corrected chi connectivity index (χ3v) is 6.00. The van der Waals surface area contributed by atoms with Gasteiger partial charge in [0.1, 0.15) is 23.0 Å². The second-order valence-corrected chi connectivity index (χ2v) is 8.52. The van der Waals surface area contributed by atoms with E-state index in [1.54, 1.807) is 31.4 Å². The summed E-state index contributed by atoms with van der Waals surface area (Å²) < 4.78 is 15.9. The van der Waals surface area contributed by atoms with Crippen LogP contribution in [-0.4, -0.2) is 75.1 Å². The lowest BCUT2D eigenvalue weighted by atomic mass is 9.94. The van der Waals surface area contributed by atoms with Crippen molar-refractivity contribution in [2.45, 2.75) is 12.5 Å². The number of amides is 1. The van der Waals surface area contributed by atoms with Gasteiger partial charge in [0.25, 0.3) is 11.7 Å². The molecule has 182 valence electrons. The maximum atomic E-state index is 13.2. The summed E-state index contributed by atoms with van der Waals surface area (Å²) in [5.74, 6) is -0.554. The minimum Gasteiger partial charge on any atom is -0.507 e. The fourth-order valence-corrected chi connectivity index (χ4v) is 4.23. The normalized spacial score (nSPS) is 17.4. The number of carbonyl (C=O) groups excluding carboxylic acids is 2. The Morgan fingerprint density at radius 3 is 2.24 bits per heavy atom. The molecular weight excluding hydrogens is 460 g/mol. The molecule has 0 radical (unpaired) electrons. The number of likely N-dealkylation sites (tertiary alicyclic amines) is 1. The lowest BCUT2D eigenvalue weighted by molar-refractivity contribution is -0.139. The molecule has 0 aromatic heterocycles. The van der Waals surface area contributed by atoms with Crippen molar-refractivity contribution in [1.29, 1.82) is 0 Å². The van der Waals surface area contributed by atoms with Crippen LogP contribution in [0.25, 0.3) is 5.76 Å². The number of aliphatic hydroxyl groups excluding tert-OH is 1. The number of nitrogens with zero attached hydrogens (tertiary/aromatic N) is 2. The van der Waals surface area contributed by atoms with Gasteiger partial charge in [0.05, 0.1) is 43.5 Å². The zero-order valence-corrected chi connectivity index (χ0v) is 20.7. The molecule has 1 fully saturated rings. The lowest BCUT2D eigenvalue weighted by Gasteiger charge is -2.26. The number of halogens is 1. The molecule has 1 unspecified atom stereocenters. The number of carbonyl (C=O) groups is 2. The summed E-state index contributed by atoms with van der Waals surface area (Å²) in [7, 11) is 8.33. The monoisotopic (exact) mass is 488 g/mol. The zero-order valence-electron chi connectivity index (χ0n) is 19.9. The average Bonchev–Trinajstić information content (AvgIpc) is 3.08. The summed E-state index contributed by atoms with van der Waals surface area (Å²) in [6.45, 7) is 1.08. The van der Waals surface area contributed by atoms with Crippen LogP contribution < -0.4 is 14.2 Å². The summed E-state index contributed by atoms with van der Waals surface area (Å²) in [6.07, 6.45) is 0.657. The molecule has 9 heteroatoms. The van der Waals surface area contributed by atoms with E-state index >= 15 is 0 Å². The van der Waals surface area contributed by atoms with Crippen molar-refractivity contribution >= 4 is 29.1 Å². The first-order valence-electron chi connectivity index (χ1n) is 10.7. The highest BCUT2D eigenvalue weighted by Crippen LogP contribution is 2.43. The van der Waals surface area contributed by atoms with Crippen molar-refractivity contribution in [3.05, 3.63) is 58.1 Å². The Labute approximate surface area is 204 Å². The van der Waals surface area contributed by atoms with Crippen LogP contribution in [0.3, 0.4) is 0 Å². The fraction of sp³-hybridized carbons (Fsp3) is 0.360. The molecule has 1 aliphatic heterocycles. The molecule has 8 nitrogen and oxygen atoms in total. The summed E-state index contributed by atoms with van der Waals surface area (Å²) in [6, 6.07) is 9.25. The topological polar surface area (TPSA) is 88.5 Å². The highest BCUT2D eigenvalue weighted by atomic mass is 35.5. The van der Waals surface area contributed by atoms with Gasteiger partial charge < -0.3 is 29.1 Å². The molecule has 1 N–H and O–H groups in total. The number of ketones is 1. The molecule has 2 aromatic carbocycles. The maximum Gasteiger partial charge on any atom is 0.295 e. The Balaban J connectivity index is 2.17. The van der Waals surface area contributed by atoms with Gasteiger partial charge in [0.2, 0.25) is 0 Å². The van der Waals surface area contributed by atoms with Crippen LogP contribution in [0.2, 0.25) is 5.02 Å². The Morgan fingerprint density at radius 2 is 1.68 bits per heavy atom. The van der Waals surface area contributed by atoms with E-state index in [2.05, 4.69) is 0 Å². The number of ether oxygens (including phenoxy) is 3. The van der Waals surface area contributed by atoms with Crippen LogP contribution in [0.4, 0.5) is 0 Å². The van der Waals surface area contributed by atoms with Crippen molar-refractivity contribution in [3.63, 3.8) is 0 Å². The molecule has 0 spiro atoms. The molecular formula is C25H29ClN2O6. The Kier molecular flexibility index (Phi) is 8.06. The quantitative estimate of drug-likeness (QED) is 0.327. The van der Waals surface area contributed by atoms with Gasteiger partial charge in [-0.15, -0.1) is 0 Å². The van der Waals surface area contributed by atoms with E-state index < -0.39 is 17.7 Å². The number of benzene rings is 2. The predicted molar refractivity (Wildman–Crippen MR) is 130 cm³/mol. The van der Waals surface area contributed by atoms with Crippen molar-refractivity contribution < 1.29 is 28.9 Å². The first-order valence-corrected chi connectivity index (χ1v) is 11.1. The van der Waals surface area contributed by atoms with E-state index in [-0.39, 0.29) is 27.7 Å². The van der Waals surface area contributed by atoms with E-state index in [0.717, 1.165) is 6.54 Å². The largest absolute Gasteiger partial charge is 0.507 e. The first-order chi connectivity index (χ1) is 16.2. The fourth-order valence-electron chi connectivity index (χ4n) is 3.99. The Hall–Kier alpha value is -3.23. The first kappa shape index (κ1) is 25.4. The smallest absolute Gasteiger partial charge is 0.295 e. The summed E-state index contributed by atoms with van der Waals surface area (Å²) >= 11 is 6.29. The second-order valence-electron chi connectivity index (χ2n) is 8.11. The number of rotatable bonds is 9. The third kappa shape index (κ3) is 4.98. The predicted octanol–water partition coefficient (Wildman–Crippen LogP) is 3.74. The van der Waals surface area contributed by atoms with Crippen molar-refractivity contribution in [1.82, 2.24) is 9.80 Å². The standard InChI is InChI=1S/C25H29ClN2O6/c1-27(2)11-6-12-28-22(15-7-9-16(32-3)10-8-15)21(24(30)25(28)31)23(29)17-13-18(26)20(34-5)14-19(17)33-4/h7-10,13-14,22,29H,6,11-12H2,1-5H3/b23-21+. The van der Waals surface area contributed by atoms with Crippen molar-refractivity contribution in [2.24, 2.45) is 0 Å². The Bertz CT molecular complexity index is 1100. The molecule has 3 rings (SSSR count). The molecule has 0 aliphatic carbocycles. The summed E-state index contributed by atoms with van der Waals surface area (Å²) in [5.41, 5.74) is 0.836. The minimum atomic E-state index is -0.779. The van der Waals surface area contributed by atoms with Gasteiger partial charge in [-0.05, 0) is 50.8 Å². The highest BCUT2D eigenvalue weighted by molar-refractivity contribution is 6.46. The Morgan fingerprint density at radius 1 is 1.03 bits per heavy atom. The zero-order chi connectivity index (χ0) is 25.0. The average molecular weight is 489 g/mol. The number of hydrogen-bond acceptors (Lipinski definition) is 7. The molecule has 1 amide bonds.